The van der Waals surface area contributed by atoms with Gasteiger partial charge in [0.2, 0.25) is 0 Å². The Morgan fingerprint density at radius 1 is 1.39 bits per heavy atom. The number of rotatable bonds is 6. The molecule has 5 heteroatoms. The van der Waals surface area contributed by atoms with Crippen LogP contribution in [0.5, 0.6) is 5.75 Å². The summed E-state index contributed by atoms with van der Waals surface area (Å²) < 4.78 is 5.61. The van der Waals surface area contributed by atoms with Gasteiger partial charge in [0.25, 0.3) is 5.91 Å². The SMILES string of the molecule is CC(C)C(Oc1ccc(CCO)cc1)C(=O)NN. The molecule has 0 heterocycles. The minimum absolute atomic E-state index is 0.0191. The van der Waals surface area contributed by atoms with Crippen LogP contribution in [0.1, 0.15) is 19.4 Å². The Kier molecular flexibility index (Phi) is 5.61. The molecular formula is C13H20N2O3. The van der Waals surface area contributed by atoms with Crippen LogP contribution in [-0.4, -0.2) is 23.7 Å². The molecule has 0 fully saturated rings. The van der Waals surface area contributed by atoms with Crippen molar-refractivity contribution >= 4 is 5.91 Å². The molecule has 1 rings (SSSR count). The van der Waals surface area contributed by atoms with Gasteiger partial charge in [0.1, 0.15) is 5.75 Å². The summed E-state index contributed by atoms with van der Waals surface area (Å²) in [6.07, 6.45) is -0.00401. The second-order valence-corrected chi connectivity index (χ2v) is 4.41. The van der Waals surface area contributed by atoms with Crippen LogP contribution in [0.15, 0.2) is 24.3 Å². The summed E-state index contributed by atoms with van der Waals surface area (Å²) >= 11 is 0. The molecule has 0 aromatic heterocycles. The summed E-state index contributed by atoms with van der Waals surface area (Å²) in [5.74, 6) is 5.41. The predicted molar refractivity (Wildman–Crippen MR) is 68.8 cm³/mol. The lowest BCUT2D eigenvalue weighted by molar-refractivity contribution is -0.129. The van der Waals surface area contributed by atoms with Crippen LogP contribution >= 0.6 is 0 Å². The average Bonchev–Trinajstić information content (AvgIpc) is 2.37. The molecule has 5 nitrogen and oxygen atoms in total. The highest BCUT2D eigenvalue weighted by atomic mass is 16.5. The number of benzene rings is 1. The number of aliphatic hydroxyl groups is 1. The Morgan fingerprint density at radius 2 is 2.00 bits per heavy atom. The van der Waals surface area contributed by atoms with E-state index in [-0.39, 0.29) is 18.4 Å². The fraction of sp³-hybridized carbons (Fsp3) is 0.462. The number of hydrogen-bond acceptors (Lipinski definition) is 4. The van der Waals surface area contributed by atoms with Crippen molar-refractivity contribution in [1.82, 2.24) is 5.43 Å². The van der Waals surface area contributed by atoms with E-state index in [0.29, 0.717) is 12.2 Å². The lowest BCUT2D eigenvalue weighted by Gasteiger charge is -2.20. The van der Waals surface area contributed by atoms with Crippen LogP contribution in [0.2, 0.25) is 0 Å². The van der Waals surface area contributed by atoms with Gasteiger partial charge in [-0.15, -0.1) is 0 Å². The molecule has 0 radical (unpaired) electrons. The Hall–Kier alpha value is -1.59. The third-order valence-corrected chi connectivity index (χ3v) is 2.59. The molecule has 18 heavy (non-hydrogen) atoms. The lowest BCUT2D eigenvalue weighted by Crippen LogP contribution is -2.44. The maximum Gasteiger partial charge on any atom is 0.275 e. The molecule has 1 amide bonds. The standard InChI is InChI=1S/C13H20N2O3/c1-9(2)12(13(17)15-14)18-11-5-3-10(4-6-11)7-8-16/h3-6,9,12,16H,7-8,14H2,1-2H3,(H,15,17). The van der Waals surface area contributed by atoms with E-state index in [0.717, 1.165) is 5.56 Å². The third kappa shape index (κ3) is 4.01. The van der Waals surface area contributed by atoms with Crippen LogP contribution in [0.25, 0.3) is 0 Å². The Balaban J connectivity index is 2.72. The molecule has 100 valence electrons. The number of aliphatic hydroxyl groups excluding tert-OH is 1. The van der Waals surface area contributed by atoms with Gasteiger partial charge in [0.05, 0.1) is 0 Å². The molecule has 0 bridgehead atoms. The van der Waals surface area contributed by atoms with Gasteiger partial charge in [-0.05, 0) is 30.0 Å². The summed E-state index contributed by atoms with van der Waals surface area (Å²) in [5.41, 5.74) is 3.12. The van der Waals surface area contributed by atoms with Crippen molar-refractivity contribution in [3.8, 4) is 5.75 Å². The number of ether oxygens (including phenoxy) is 1. The lowest BCUT2D eigenvalue weighted by atomic mass is 10.1. The van der Waals surface area contributed by atoms with E-state index < -0.39 is 6.10 Å². The molecule has 1 atom stereocenters. The molecular weight excluding hydrogens is 232 g/mol. The van der Waals surface area contributed by atoms with Gasteiger partial charge < -0.3 is 9.84 Å². The summed E-state index contributed by atoms with van der Waals surface area (Å²) in [5, 5.41) is 8.81. The maximum absolute atomic E-state index is 11.5. The van der Waals surface area contributed by atoms with E-state index in [1.54, 1.807) is 12.1 Å². The number of hydrogen-bond donors (Lipinski definition) is 3. The van der Waals surface area contributed by atoms with Crippen molar-refractivity contribution in [3.05, 3.63) is 29.8 Å². The van der Waals surface area contributed by atoms with Gasteiger partial charge in [0, 0.05) is 6.61 Å². The van der Waals surface area contributed by atoms with Crippen LogP contribution in [0.3, 0.4) is 0 Å². The molecule has 0 aliphatic carbocycles. The van der Waals surface area contributed by atoms with Crippen molar-refractivity contribution < 1.29 is 14.6 Å². The first-order valence-electron chi connectivity index (χ1n) is 5.95. The Labute approximate surface area is 107 Å². The molecule has 1 unspecified atom stereocenters. The van der Waals surface area contributed by atoms with Crippen molar-refractivity contribution in [2.75, 3.05) is 6.61 Å². The minimum Gasteiger partial charge on any atom is -0.480 e. The highest BCUT2D eigenvalue weighted by Gasteiger charge is 2.23. The van der Waals surface area contributed by atoms with Crippen LogP contribution < -0.4 is 16.0 Å². The quantitative estimate of drug-likeness (QED) is 0.393. The number of nitrogens with two attached hydrogens (primary N) is 1. The van der Waals surface area contributed by atoms with Crippen LogP contribution in [0.4, 0.5) is 0 Å². The minimum atomic E-state index is -0.612. The normalized spacial score (nSPS) is 12.3. The van der Waals surface area contributed by atoms with Gasteiger partial charge in [0.15, 0.2) is 6.10 Å². The van der Waals surface area contributed by atoms with E-state index in [1.165, 1.54) is 0 Å². The molecule has 1 aromatic carbocycles. The Morgan fingerprint density at radius 3 is 2.44 bits per heavy atom. The summed E-state index contributed by atoms with van der Waals surface area (Å²) in [6, 6.07) is 7.29. The van der Waals surface area contributed by atoms with Gasteiger partial charge in [-0.3, -0.25) is 10.2 Å². The largest absolute Gasteiger partial charge is 0.480 e. The highest BCUT2D eigenvalue weighted by Crippen LogP contribution is 2.17. The number of amides is 1. The number of nitrogens with one attached hydrogen (secondary N) is 1. The smallest absolute Gasteiger partial charge is 0.275 e. The van der Waals surface area contributed by atoms with E-state index >= 15 is 0 Å². The topological polar surface area (TPSA) is 84.6 Å². The average molecular weight is 252 g/mol. The fourth-order valence-electron chi connectivity index (χ4n) is 1.58. The first-order chi connectivity index (χ1) is 8.58. The monoisotopic (exact) mass is 252 g/mol. The van der Waals surface area contributed by atoms with Crippen molar-refractivity contribution in [2.24, 2.45) is 11.8 Å². The van der Waals surface area contributed by atoms with E-state index in [2.05, 4.69) is 5.43 Å². The second kappa shape index (κ2) is 6.98. The predicted octanol–water partition coefficient (Wildman–Crippen LogP) is 0.615. The first-order valence-corrected chi connectivity index (χ1v) is 5.95. The molecule has 1 aromatic rings. The molecule has 0 spiro atoms. The van der Waals surface area contributed by atoms with Crippen molar-refractivity contribution in [3.63, 3.8) is 0 Å². The molecule has 0 aliphatic heterocycles. The van der Waals surface area contributed by atoms with Gasteiger partial charge >= 0.3 is 0 Å². The van der Waals surface area contributed by atoms with Gasteiger partial charge in [-0.1, -0.05) is 26.0 Å². The summed E-state index contributed by atoms with van der Waals surface area (Å²) in [6.45, 7) is 3.89. The zero-order valence-corrected chi connectivity index (χ0v) is 10.7. The third-order valence-electron chi connectivity index (χ3n) is 2.59. The zero-order chi connectivity index (χ0) is 13.5. The van der Waals surface area contributed by atoms with Crippen molar-refractivity contribution in [1.29, 1.82) is 0 Å². The van der Waals surface area contributed by atoms with Crippen LogP contribution in [0, 0.1) is 5.92 Å². The molecule has 0 saturated carbocycles. The molecule has 0 saturated heterocycles. The zero-order valence-electron chi connectivity index (χ0n) is 10.7. The Bertz CT molecular complexity index is 376. The number of carbonyl (C=O) groups excluding carboxylic acids is 1. The first kappa shape index (κ1) is 14.5. The maximum atomic E-state index is 11.5. The van der Waals surface area contributed by atoms with Crippen LogP contribution in [-0.2, 0) is 11.2 Å². The highest BCUT2D eigenvalue weighted by molar-refractivity contribution is 5.80. The fourth-order valence-corrected chi connectivity index (χ4v) is 1.58. The molecule has 0 aliphatic rings. The second-order valence-electron chi connectivity index (χ2n) is 4.41. The van der Waals surface area contributed by atoms with E-state index in [4.69, 9.17) is 15.7 Å². The summed E-state index contributed by atoms with van der Waals surface area (Å²) in [7, 11) is 0. The molecule has 4 N–H and O–H groups in total. The van der Waals surface area contributed by atoms with Gasteiger partial charge in [-0.2, -0.15) is 0 Å². The van der Waals surface area contributed by atoms with E-state index in [9.17, 15) is 4.79 Å². The van der Waals surface area contributed by atoms with Gasteiger partial charge in [-0.25, -0.2) is 5.84 Å². The summed E-state index contributed by atoms with van der Waals surface area (Å²) in [4.78, 5) is 11.5. The van der Waals surface area contributed by atoms with E-state index in [1.807, 2.05) is 26.0 Å². The number of hydrazine groups is 1. The number of carbonyl (C=O) groups is 1. The van der Waals surface area contributed by atoms with Crippen molar-refractivity contribution in [2.45, 2.75) is 26.4 Å².